The molecule has 0 aromatic heterocycles. The number of hydrogen-bond acceptors (Lipinski definition) is 8. The van der Waals surface area contributed by atoms with E-state index in [4.69, 9.17) is 24.7 Å². The van der Waals surface area contributed by atoms with Crippen molar-refractivity contribution in [3.63, 3.8) is 0 Å². The van der Waals surface area contributed by atoms with Crippen LogP contribution < -0.4 is 5.73 Å². The van der Waals surface area contributed by atoms with Crippen molar-refractivity contribution in [3.8, 4) is 0 Å². The molecular weight excluding hydrogens is 282 g/mol. The van der Waals surface area contributed by atoms with Gasteiger partial charge in [-0.25, -0.2) is 0 Å². The van der Waals surface area contributed by atoms with Gasteiger partial charge in [-0.3, -0.25) is 14.4 Å². The molecule has 1 saturated heterocycles. The fourth-order valence-electron chi connectivity index (χ4n) is 2.26. The Bertz CT molecular complexity index is 399. The highest BCUT2D eigenvalue weighted by molar-refractivity contribution is 5.67. The predicted octanol–water partition coefficient (Wildman–Crippen LogP) is 0.224. The fraction of sp³-hybridized carbons (Fsp3) is 0.769. The molecule has 0 spiro atoms. The first-order chi connectivity index (χ1) is 9.67. The summed E-state index contributed by atoms with van der Waals surface area (Å²) in [5, 5.41) is 0. The summed E-state index contributed by atoms with van der Waals surface area (Å²) >= 11 is 0. The van der Waals surface area contributed by atoms with Crippen LogP contribution in [0.3, 0.4) is 0 Å². The molecule has 1 unspecified atom stereocenters. The molecule has 21 heavy (non-hydrogen) atoms. The van der Waals surface area contributed by atoms with E-state index in [0.29, 0.717) is 6.42 Å². The highest BCUT2D eigenvalue weighted by Gasteiger charge is 2.52. The molecule has 8 nitrogen and oxygen atoms in total. The van der Waals surface area contributed by atoms with E-state index in [1.165, 1.54) is 20.8 Å². The van der Waals surface area contributed by atoms with E-state index < -0.39 is 42.1 Å². The van der Waals surface area contributed by atoms with Gasteiger partial charge in [-0.15, -0.1) is 0 Å². The summed E-state index contributed by atoms with van der Waals surface area (Å²) in [6, 6.07) is 0. The highest BCUT2D eigenvalue weighted by Crippen LogP contribution is 2.34. The Morgan fingerprint density at radius 2 is 1.76 bits per heavy atom. The van der Waals surface area contributed by atoms with E-state index in [0.717, 1.165) is 0 Å². The zero-order valence-electron chi connectivity index (χ0n) is 12.6. The van der Waals surface area contributed by atoms with Crippen molar-refractivity contribution in [3.05, 3.63) is 0 Å². The van der Waals surface area contributed by atoms with Gasteiger partial charge in [-0.2, -0.15) is 0 Å². The third-order valence-corrected chi connectivity index (χ3v) is 2.98. The van der Waals surface area contributed by atoms with Gasteiger partial charge in [0, 0.05) is 27.2 Å². The standard InChI is InChI=1S/C13H21NO7/c1-5-11(19-8(3)16)13(14)6-10(18-7(2)15)12(21-13)20-9(4)17/h10-12H,5-6,14H2,1-4H3/t10-,11+,12?,13+/m1/s1. The molecule has 4 atom stereocenters. The molecule has 1 aliphatic rings. The minimum absolute atomic E-state index is 0.0519. The number of rotatable bonds is 5. The molecule has 0 amide bonds. The van der Waals surface area contributed by atoms with Crippen LogP contribution in [0.2, 0.25) is 0 Å². The zero-order chi connectivity index (χ0) is 16.2. The summed E-state index contributed by atoms with van der Waals surface area (Å²) in [5.41, 5.74) is 4.72. The van der Waals surface area contributed by atoms with Gasteiger partial charge in [0.25, 0.3) is 0 Å². The Balaban J connectivity index is 2.90. The topological polar surface area (TPSA) is 114 Å². The number of nitrogens with two attached hydrogens (primary N) is 1. The molecule has 120 valence electrons. The van der Waals surface area contributed by atoms with Crippen LogP contribution in [0.5, 0.6) is 0 Å². The Hall–Kier alpha value is -1.67. The molecule has 0 saturated carbocycles. The second-order valence-corrected chi connectivity index (χ2v) is 4.91. The molecule has 1 aliphatic heterocycles. The maximum Gasteiger partial charge on any atom is 0.305 e. The summed E-state index contributed by atoms with van der Waals surface area (Å²) in [4.78, 5) is 33.3. The largest absolute Gasteiger partial charge is 0.458 e. The first-order valence-electron chi connectivity index (χ1n) is 6.66. The number of carbonyl (C=O) groups is 3. The van der Waals surface area contributed by atoms with Crippen molar-refractivity contribution < 1.29 is 33.3 Å². The first-order valence-corrected chi connectivity index (χ1v) is 6.66. The van der Waals surface area contributed by atoms with E-state index in [1.54, 1.807) is 6.92 Å². The van der Waals surface area contributed by atoms with Crippen LogP contribution in [-0.4, -0.2) is 42.1 Å². The molecule has 2 N–H and O–H groups in total. The highest BCUT2D eigenvalue weighted by atomic mass is 16.7. The number of esters is 3. The molecule has 1 rings (SSSR count). The van der Waals surface area contributed by atoms with Crippen molar-refractivity contribution >= 4 is 17.9 Å². The lowest BCUT2D eigenvalue weighted by Gasteiger charge is -2.31. The summed E-state index contributed by atoms with van der Waals surface area (Å²) in [7, 11) is 0. The average molecular weight is 303 g/mol. The second kappa shape index (κ2) is 6.86. The van der Waals surface area contributed by atoms with Gasteiger partial charge >= 0.3 is 17.9 Å². The van der Waals surface area contributed by atoms with Crippen LogP contribution in [0.25, 0.3) is 0 Å². The lowest BCUT2D eigenvalue weighted by molar-refractivity contribution is -0.220. The molecule has 0 aromatic rings. The SMILES string of the molecule is CC[C@H](OC(C)=O)[C@]1(N)C[C@@H](OC(C)=O)C(OC(C)=O)O1. The van der Waals surface area contributed by atoms with Crippen LogP contribution in [-0.2, 0) is 33.3 Å². The number of carbonyl (C=O) groups excluding carboxylic acids is 3. The lowest BCUT2D eigenvalue weighted by Crippen LogP contribution is -2.52. The van der Waals surface area contributed by atoms with Gasteiger partial charge in [0.15, 0.2) is 11.8 Å². The van der Waals surface area contributed by atoms with E-state index in [1.807, 2.05) is 0 Å². The van der Waals surface area contributed by atoms with E-state index >= 15 is 0 Å². The summed E-state index contributed by atoms with van der Waals surface area (Å²) in [5.74, 6) is -1.65. The van der Waals surface area contributed by atoms with Gasteiger partial charge in [0.2, 0.25) is 6.29 Å². The summed E-state index contributed by atoms with van der Waals surface area (Å²) < 4.78 is 20.6. The molecule has 0 aromatic carbocycles. The van der Waals surface area contributed by atoms with Crippen LogP contribution in [0.15, 0.2) is 0 Å². The Morgan fingerprint density at radius 3 is 2.19 bits per heavy atom. The van der Waals surface area contributed by atoms with Crippen LogP contribution >= 0.6 is 0 Å². The Morgan fingerprint density at radius 1 is 1.19 bits per heavy atom. The minimum atomic E-state index is -1.39. The van der Waals surface area contributed by atoms with Gasteiger partial charge < -0.3 is 24.7 Å². The molecule has 0 radical (unpaired) electrons. The van der Waals surface area contributed by atoms with Gasteiger partial charge in [0.1, 0.15) is 6.10 Å². The molecular formula is C13H21NO7. The average Bonchev–Trinajstić information content (AvgIpc) is 2.61. The van der Waals surface area contributed by atoms with Crippen LogP contribution in [0, 0.1) is 0 Å². The number of ether oxygens (including phenoxy) is 4. The van der Waals surface area contributed by atoms with Crippen molar-refractivity contribution in [2.75, 3.05) is 0 Å². The number of hydrogen-bond donors (Lipinski definition) is 1. The molecule has 1 fully saturated rings. The first kappa shape index (κ1) is 17.4. The molecule has 8 heteroatoms. The summed E-state index contributed by atoms with van der Waals surface area (Å²) in [6.07, 6.45) is -2.26. The predicted molar refractivity (Wildman–Crippen MR) is 69.6 cm³/mol. The van der Waals surface area contributed by atoms with Gasteiger partial charge in [0.05, 0.1) is 0 Å². The van der Waals surface area contributed by atoms with E-state index in [2.05, 4.69) is 0 Å². The molecule has 0 bridgehead atoms. The van der Waals surface area contributed by atoms with Crippen molar-refractivity contribution in [2.45, 2.75) is 64.8 Å². The third-order valence-electron chi connectivity index (χ3n) is 2.98. The van der Waals surface area contributed by atoms with Crippen molar-refractivity contribution in [1.29, 1.82) is 0 Å². The monoisotopic (exact) mass is 303 g/mol. The quantitative estimate of drug-likeness (QED) is 0.567. The Kier molecular flexibility index (Phi) is 5.68. The zero-order valence-corrected chi connectivity index (χ0v) is 12.6. The van der Waals surface area contributed by atoms with E-state index in [9.17, 15) is 14.4 Å². The van der Waals surface area contributed by atoms with Crippen molar-refractivity contribution in [2.24, 2.45) is 5.73 Å². The lowest BCUT2D eigenvalue weighted by atomic mass is 10.0. The van der Waals surface area contributed by atoms with Crippen molar-refractivity contribution in [1.82, 2.24) is 0 Å². The van der Waals surface area contributed by atoms with Crippen LogP contribution in [0.1, 0.15) is 40.5 Å². The summed E-state index contributed by atoms with van der Waals surface area (Å²) in [6.45, 7) is 5.46. The van der Waals surface area contributed by atoms with Gasteiger partial charge in [-0.1, -0.05) is 6.92 Å². The molecule has 0 aliphatic carbocycles. The van der Waals surface area contributed by atoms with E-state index in [-0.39, 0.29) is 6.42 Å². The maximum absolute atomic E-state index is 11.1. The maximum atomic E-state index is 11.1. The smallest absolute Gasteiger partial charge is 0.305 e. The second-order valence-electron chi connectivity index (χ2n) is 4.91. The Labute approximate surface area is 122 Å². The minimum Gasteiger partial charge on any atom is -0.458 e. The normalized spacial score (nSPS) is 29.6. The third kappa shape index (κ3) is 4.68. The van der Waals surface area contributed by atoms with Crippen LogP contribution in [0.4, 0.5) is 0 Å². The molecule has 1 heterocycles. The van der Waals surface area contributed by atoms with Gasteiger partial charge in [-0.05, 0) is 6.42 Å². The fourth-order valence-corrected chi connectivity index (χ4v) is 2.26.